The van der Waals surface area contributed by atoms with Gasteiger partial charge in [0.05, 0.1) is 5.56 Å². The lowest BCUT2D eigenvalue weighted by Crippen LogP contribution is -2.24. The monoisotopic (exact) mass is 159 g/mol. The van der Waals surface area contributed by atoms with Gasteiger partial charge in [-0.25, -0.2) is 0 Å². The van der Waals surface area contributed by atoms with Crippen molar-refractivity contribution in [1.29, 1.82) is 5.26 Å². The van der Waals surface area contributed by atoms with Crippen LogP contribution in [0.25, 0.3) is 0 Å². The van der Waals surface area contributed by atoms with Crippen LogP contribution in [-0.4, -0.2) is 11.5 Å². The van der Waals surface area contributed by atoms with Crippen LogP contribution in [0.15, 0.2) is 12.4 Å². The molecule has 60 valence electrons. The molecule has 1 aliphatic rings. The number of hydrogen-bond acceptors (Lipinski definition) is 3. The molecule has 1 N–H and O–H groups in total. The first-order chi connectivity index (χ1) is 5.92. The van der Waals surface area contributed by atoms with Crippen LogP contribution in [0.2, 0.25) is 0 Å². The number of rotatable bonds is 0. The fraction of sp³-hybridized carbons (Fsp3) is 0.333. The van der Waals surface area contributed by atoms with E-state index in [1.807, 2.05) is 6.20 Å². The number of fused-ring (bicyclic) bond motifs is 1. The molecule has 0 fully saturated rings. The quantitative estimate of drug-likeness (QED) is 0.603. The van der Waals surface area contributed by atoms with Gasteiger partial charge in [-0.3, -0.25) is 4.98 Å². The number of nitriles is 1. The van der Waals surface area contributed by atoms with Gasteiger partial charge in [-0.1, -0.05) is 0 Å². The van der Waals surface area contributed by atoms with Crippen molar-refractivity contribution >= 4 is 0 Å². The van der Waals surface area contributed by atoms with E-state index in [-0.39, 0.29) is 0 Å². The van der Waals surface area contributed by atoms with Crippen molar-refractivity contribution in [2.24, 2.45) is 0 Å². The van der Waals surface area contributed by atoms with Gasteiger partial charge < -0.3 is 5.32 Å². The van der Waals surface area contributed by atoms with Gasteiger partial charge in [0.15, 0.2) is 0 Å². The Morgan fingerprint density at radius 2 is 2.42 bits per heavy atom. The Hall–Kier alpha value is -1.40. The van der Waals surface area contributed by atoms with Gasteiger partial charge in [-0.15, -0.1) is 0 Å². The number of aromatic nitrogens is 1. The first-order valence-corrected chi connectivity index (χ1v) is 3.98. The predicted octanol–water partition coefficient (Wildman–Crippen LogP) is 0.599. The molecule has 3 nitrogen and oxygen atoms in total. The molecule has 12 heavy (non-hydrogen) atoms. The van der Waals surface area contributed by atoms with Crippen molar-refractivity contribution in [2.45, 2.75) is 13.0 Å². The molecule has 2 rings (SSSR count). The van der Waals surface area contributed by atoms with Gasteiger partial charge in [0, 0.05) is 18.9 Å². The summed E-state index contributed by atoms with van der Waals surface area (Å²) in [5, 5.41) is 12.0. The summed E-state index contributed by atoms with van der Waals surface area (Å²) < 4.78 is 0. The predicted molar refractivity (Wildman–Crippen MR) is 44.4 cm³/mol. The molecule has 2 heterocycles. The first kappa shape index (κ1) is 7.26. The highest BCUT2D eigenvalue weighted by Crippen LogP contribution is 2.15. The van der Waals surface area contributed by atoms with Crippen molar-refractivity contribution in [3.8, 4) is 6.07 Å². The van der Waals surface area contributed by atoms with E-state index in [4.69, 9.17) is 5.26 Å². The molecule has 0 unspecified atom stereocenters. The smallest absolute Gasteiger partial charge is 0.101 e. The SMILES string of the molecule is N#Cc1cncc2c1CNCC2. The number of nitrogens with one attached hydrogen (secondary N) is 1. The molecule has 0 saturated carbocycles. The van der Waals surface area contributed by atoms with Crippen LogP contribution < -0.4 is 5.32 Å². The third-order valence-electron chi connectivity index (χ3n) is 2.14. The highest BCUT2D eigenvalue weighted by atomic mass is 14.9. The van der Waals surface area contributed by atoms with Crippen LogP contribution in [0, 0.1) is 11.3 Å². The summed E-state index contributed by atoms with van der Waals surface area (Å²) in [6, 6.07) is 2.15. The normalized spacial score (nSPS) is 14.9. The van der Waals surface area contributed by atoms with Gasteiger partial charge in [-0.2, -0.15) is 5.26 Å². The zero-order valence-corrected chi connectivity index (χ0v) is 6.67. The number of nitrogens with zero attached hydrogens (tertiary/aromatic N) is 2. The Kier molecular flexibility index (Phi) is 1.77. The van der Waals surface area contributed by atoms with Crippen molar-refractivity contribution in [2.75, 3.05) is 6.54 Å². The van der Waals surface area contributed by atoms with Gasteiger partial charge >= 0.3 is 0 Å². The molecular weight excluding hydrogens is 150 g/mol. The zero-order chi connectivity index (χ0) is 8.39. The molecule has 0 atom stereocenters. The lowest BCUT2D eigenvalue weighted by atomic mass is 10.00. The third-order valence-corrected chi connectivity index (χ3v) is 2.14. The highest BCUT2D eigenvalue weighted by molar-refractivity contribution is 5.41. The van der Waals surface area contributed by atoms with E-state index in [1.165, 1.54) is 5.56 Å². The van der Waals surface area contributed by atoms with Crippen molar-refractivity contribution in [1.82, 2.24) is 10.3 Å². The maximum Gasteiger partial charge on any atom is 0.101 e. The minimum Gasteiger partial charge on any atom is -0.312 e. The summed E-state index contributed by atoms with van der Waals surface area (Å²) in [5.74, 6) is 0. The number of hydrogen-bond donors (Lipinski definition) is 1. The van der Waals surface area contributed by atoms with E-state index in [0.717, 1.165) is 25.1 Å². The van der Waals surface area contributed by atoms with E-state index in [2.05, 4.69) is 16.4 Å². The molecule has 0 saturated heterocycles. The van der Waals surface area contributed by atoms with Crippen LogP contribution in [0.3, 0.4) is 0 Å². The molecule has 1 aromatic rings. The summed E-state index contributed by atoms with van der Waals surface area (Å²) in [7, 11) is 0. The summed E-state index contributed by atoms with van der Waals surface area (Å²) in [6.45, 7) is 1.80. The summed E-state index contributed by atoms with van der Waals surface area (Å²) >= 11 is 0. The van der Waals surface area contributed by atoms with Crippen LogP contribution >= 0.6 is 0 Å². The molecular formula is C9H9N3. The third kappa shape index (κ3) is 1.06. The maximum absolute atomic E-state index is 8.78. The average Bonchev–Trinajstić information content (AvgIpc) is 2.17. The van der Waals surface area contributed by atoms with Crippen LogP contribution in [0.1, 0.15) is 16.7 Å². The van der Waals surface area contributed by atoms with E-state index in [9.17, 15) is 0 Å². The second kappa shape index (κ2) is 2.92. The Morgan fingerprint density at radius 1 is 1.50 bits per heavy atom. The lowest BCUT2D eigenvalue weighted by Gasteiger charge is -2.16. The van der Waals surface area contributed by atoms with Gasteiger partial charge in [0.25, 0.3) is 0 Å². The molecule has 0 aromatic carbocycles. The second-order valence-corrected chi connectivity index (χ2v) is 2.86. The Bertz CT molecular complexity index is 338. The molecule has 0 spiro atoms. The lowest BCUT2D eigenvalue weighted by molar-refractivity contribution is 0.639. The van der Waals surface area contributed by atoms with E-state index >= 15 is 0 Å². The number of pyridine rings is 1. The largest absolute Gasteiger partial charge is 0.312 e. The zero-order valence-electron chi connectivity index (χ0n) is 6.67. The fourth-order valence-electron chi connectivity index (χ4n) is 1.49. The van der Waals surface area contributed by atoms with Crippen molar-refractivity contribution in [3.63, 3.8) is 0 Å². The summed E-state index contributed by atoms with van der Waals surface area (Å²) in [4.78, 5) is 4.02. The summed E-state index contributed by atoms with van der Waals surface area (Å²) in [5.41, 5.74) is 3.05. The topological polar surface area (TPSA) is 48.7 Å². The minimum absolute atomic E-state index is 0.708. The molecule has 1 aliphatic heterocycles. The van der Waals surface area contributed by atoms with Crippen LogP contribution in [0.5, 0.6) is 0 Å². The second-order valence-electron chi connectivity index (χ2n) is 2.86. The Morgan fingerprint density at radius 3 is 3.25 bits per heavy atom. The van der Waals surface area contributed by atoms with Gasteiger partial charge in [0.2, 0.25) is 0 Å². The van der Waals surface area contributed by atoms with Crippen molar-refractivity contribution < 1.29 is 0 Å². The molecule has 1 aromatic heterocycles. The molecule has 0 aliphatic carbocycles. The first-order valence-electron chi connectivity index (χ1n) is 3.98. The maximum atomic E-state index is 8.78. The average molecular weight is 159 g/mol. The van der Waals surface area contributed by atoms with E-state index < -0.39 is 0 Å². The van der Waals surface area contributed by atoms with E-state index in [0.29, 0.717) is 5.56 Å². The van der Waals surface area contributed by atoms with Crippen molar-refractivity contribution in [3.05, 3.63) is 29.1 Å². The van der Waals surface area contributed by atoms with Crippen LogP contribution in [0.4, 0.5) is 0 Å². The molecule has 0 amide bonds. The Balaban J connectivity index is 2.53. The van der Waals surface area contributed by atoms with E-state index in [1.54, 1.807) is 6.20 Å². The fourth-order valence-corrected chi connectivity index (χ4v) is 1.49. The Labute approximate surface area is 71.0 Å². The minimum atomic E-state index is 0.708. The standard InChI is InChI=1S/C9H9N3/c10-3-8-5-12-4-7-1-2-11-6-9(7)8/h4-5,11H,1-2,6H2. The molecule has 0 radical (unpaired) electrons. The molecule has 0 bridgehead atoms. The molecule has 3 heteroatoms. The summed E-state index contributed by atoms with van der Waals surface area (Å²) in [6.07, 6.45) is 4.47. The van der Waals surface area contributed by atoms with Gasteiger partial charge in [0.1, 0.15) is 6.07 Å². The van der Waals surface area contributed by atoms with Gasteiger partial charge in [-0.05, 0) is 24.1 Å². The van der Waals surface area contributed by atoms with Crippen LogP contribution in [-0.2, 0) is 13.0 Å². The highest BCUT2D eigenvalue weighted by Gasteiger charge is 2.11.